The molecule has 0 spiro atoms. The predicted molar refractivity (Wildman–Crippen MR) is 91.5 cm³/mol. The number of nitrogens with one attached hydrogen (secondary N) is 1. The number of anilines is 2. The van der Waals surface area contributed by atoms with Crippen molar-refractivity contribution in [2.45, 2.75) is 6.42 Å². The molecule has 6 nitrogen and oxygen atoms in total. The molecule has 0 saturated carbocycles. The highest BCUT2D eigenvalue weighted by molar-refractivity contribution is 9.10. The van der Waals surface area contributed by atoms with Crippen molar-refractivity contribution >= 4 is 33.5 Å². The van der Waals surface area contributed by atoms with Gasteiger partial charge in [0.1, 0.15) is 0 Å². The number of benzene rings is 1. The number of carbonyl (C=O) groups excluding carboxylic acids is 1. The Morgan fingerprint density at radius 1 is 1.22 bits per heavy atom. The predicted octanol–water partition coefficient (Wildman–Crippen LogP) is 2.26. The molecule has 1 aromatic heterocycles. The lowest BCUT2D eigenvalue weighted by Crippen LogP contribution is -2.36. The number of amides is 1. The third-order valence-corrected chi connectivity index (χ3v) is 4.00. The van der Waals surface area contributed by atoms with Crippen LogP contribution < -0.4 is 10.2 Å². The molecular weight excluding hydrogens is 360 g/mol. The van der Waals surface area contributed by atoms with Gasteiger partial charge in [-0.1, -0.05) is 28.1 Å². The van der Waals surface area contributed by atoms with Gasteiger partial charge in [-0.3, -0.25) is 4.79 Å². The van der Waals surface area contributed by atoms with Crippen LogP contribution in [0.15, 0.2) is 40.9 Å². The molecule has 1 aliphatic rings. The number of carbonyl (C=O) groups is 1. The summed E-state index contributed by atoms with van der Waals surface area (Å²) in [6.45, 7) is 3.02. The van der Waals surface area contributed by atoms with Crippen LogP contribution in [0.5, 0.6) is 0 Å². The molecule has 1 saturated heterocycles. The second-order valence-corrected chi connectivity index (χ2v) is 6.15. The number of morpholine rings is 1. The van der Waals surface area contributed by atoms with E-state index in [1.54, 1.807) is 6.07 Å². The SMILES string of the molecule is O=C(Cc1cccc(Br)c1)Nc1ccc(N2CCOCC2)nn1. The van der Waals surface area contributed by atoms with Crippen LogP contribution in [0.4, 0.5) is 11.6 Å². The van der Waals surface area contributed by atoms with Gasteiger partial charge in [-0.05, 0) is 29.8 Å². The average Bonchev–Trinajstić information content (AvgIpc) is 2.56. The van der Waals surface area contributed by atoms with Crippen molar-refractivity contribution in [3.8, 4) is 0 Å². The van der Waals surface area contributed by atoms with Gasteiger partial charge in [0.05, 0.1) is 19.6 Å². The van der Waals surface area contributed by atoms with E-state index in [-0.39, 0.29) is 5.91 Å². The normalized spacial score (nSPS) is 14.6. The van der Waals surface area contributed by atoms with E-state index in [9.17, 15) is 4.79 Å². The summed E-state index contributed by atoms with van der Waals surface area (Å²) in [4.78, 5) is 14.2. The van der Waals surface area contributed by atoms with Crippen molar-refractivity contribution in [2.75, 3.05) is 36.5 Å². The standard InChI is InChI=1S/C16H17BrN4O2/c17-13-3-1-2-12(10-13)11-16(22)18-14-4-5-15(20-19-14)21-6-8-23-9-7-21/h1-5,10H,6-9,11H2,(H,18,19,22). The Balaban J connectivity index is 1.58. The van der Waals surface area contributed by atoms with E-state index in [1.165, 1.54) is 0 Å². The minimum absolute atomic E-state index is 0.114. The van der Waals surface area contributed by atoms with Crippen molar-refractivity contribution in [3.63, 3.8) is 0 Å². The van der Waals surface area contributed by atoms with Crippen LogP contribution in [-0.4, -0.2) is 42.4 Å². The molecule has 0 atom stereocenters. The Labute approximate surface area is 143 Å². The van der Waals surface area contributed by atoms with E-state index in [4.69, 9.17) is 4.74 Å². The van der Waals surface area contributed by atoms with E-state index in [1.807, 2.05) is 30.3 Å². The maximum Gasteiger partial charge on any atom is 0.229 e. The highest BCUT2D eigenvalue weighted by atomic mass is 79.9. The molecule has 120 valence electrons. The Kier molecular flexibility index (Phi) is 5.19. The van der Waals surface area contributed by atoms with Crippen LogP contribution >= 0.6 is 15.9 Å². The fraction of sp³-hybridized carbons (Fsp3) is 0.312. The van der Waals surface area contributed by atoms with Crippen LogP contribution in [0.1, 0.15) is 5.56 Å². The van der Waals surface area contributed by atoms with Gasteiger partial charge in [-0.2, -0.15) is 0 Å². The summed E-state index contributed by atoms with van der Waals surface area (Å²) in [6.07, 6.45) is 0.298. The Bertz CT molecular complexity index is 672. The van der Waals surface area contributed by atoms with Gasteiger partial charge in [0.15, 0.2) is 11.6 Å². The molecule has 1 N–H and O–H groups in total. The first-order chi connectivity index (χ1) is 11.2. The summed E-state index contributed by atoms with van der Waals surface area (Å²) in [7, 11) is 0. The summed E-state index contributed by atoms with van der Waals surface area (Å²) in [5.74, 6) is 1.15. The van der Waals surface area contributed by atoms with E-state index < -0.39 is 0 Å². The molecule has 3 rings (SSSR count). The largest absolute Gasteiger partial charge is 0.378 e. The van der Waals surface area contributed by atoms with Crippen LogP contribution in [0.3, 0.4) is 0 Å². The summed E-state index contributed by atoms with van der Waals surface area (Å²) in [6, 6.07) is 11.3. The van der Waals surface area contributed by atoms with Crippen molar-refractivity contribution in [2.24, 2.45) is 0 Å². The molecule has 1 aliphatic heterocycles. The minimum Gasteiger partial charge on any atom is -0.378 e. The summed E-state index contributed by atoms with van der Waals surface area (Å²) in [5.41, 5.74) is 0.940. The van der Waals surface area contributed by atoms with Crippen molar-refractivity contribution in [3.05, 3.63) is 46.4 Å². The third kappa shape index (κ3) is 4.49. The molecule has 23 heavy (non-hydrogen) atoms. The van der Waals surface area contributed by atoms with E-state index in [0.717, 1.165) is 28.9 Å². The zero-order valence-electron chi connectivity index (χ0n) is 12.5. The molecule has 0 bridgehead atoms. The lowest BCUT2D eigenvalue weighted by molar-refractivity contribution is -0.115. The van der Waals surface area contributed by atoms with Crippen molar-refractivity contribution < 1.29 is 9.53 Å². The Morgan fingerprint density at radius 3 is 2.74 bits per heavy atom. The summed E-state index contributed by atoms with van der Waals surface area (Å²) in [5, 5.41) is 11.0. The minimum atomic E-state index is -0.114. The maximum absolute atomic E-state index is 12.1. The third-order valence-electron chi connectivity index (χ3n) is 3.51. The topological polar surface area (TPSA) is 67.4 Å². The molecule has 1 fully saturated rings. The summed E-state index contributed by atoms with van der Waals surface area (Å²) < 4.78 is 6.27. The zero-order valence-corrected chi connectivity index (χ0v) is 14.1. The van der Waals surface area contributed by atoms with Crippen LogP contribution in [0.25, 0.3) is 0 Å². The van der Waals surface area contributed by atoms with E-state index in [2.05, 4.69) is 36.3 Å². The highest BCUT2D eigenvalue weighted by Crippen LogP contribution is 2.15. The maximum atomic E-state index is 12.1. The van der Waals surface area contributed by atoms with E-state index in [0.29, 0.717) is 25.5 Å². The average molecular weight is 377 g/mol. The highest BCUT2D eigenvalue weighted by Gasteiger charge is 2.13. The molecule has 2 heterocycles. The van der Waals surface area contributed by atoms with Gasteiger partial charge in [0, 0.05) is 17.6 Å². The molecule has 0 radical (unpaired) electrons. The second kappa shape index (κ2) is 7.52. The van der Waals surface area contributed by atoms with Gasteiger partial charge in [-0.15, -0.1) is 10.2 Å². The van der Waals surface area contributed by atoms with Crippen LogP contribution in [-0.2, 0) is 16.0 Å². The first-order valence-electron chi connectivity index (χ1n) is 7.41. The number of halogens is 1. The fourth-order valence-electron chi connectivity index (χ4n) is 2.37. The number of hydrogen-bond acceptors (Lipinski definition) is 5. The van der Waals surface area contributed by atoms with Gasteiger partial charge >= 0.3 is 0 Å². The molecule has 1 amide bonds. The Morgan fingerprint density at radius 2 is 2.04 bits per heavy atom. The summed E-state index contributed by atoms with van der Waals surface area (Å²) >= 11 is 3.40. The first-order valence-corrected chi connectivity index (χ1v) is 8.21. The van der Waals surface area contributed by atoms with Crippen LogP contribution in [0.2, 0.25) is 0 Å². The number of aromatic nitrogens is 2. The molecule has 0 unspecified atom stereocenters. The first kappa shape index (κ1) is 15.9. The quantitative estimate of drug-likeness (QED) is 0.886. The fourth-order valence-corrected chi connectivity index (χ4v) is 2.82. The van der Waals surface area contributed by atoms with Gasteiger partial charge in [0.2, 0.25) is 5.91 Å². The smallest absolute Gasteiger partial charge is 0.229 e. The molecule has 0 aliphatic carbocycles. The van der Waals surface area contributed by atoms with Crippen molar-refractivity contribution in [1.29, 1.82) is 0 Å². The lowest BCUT2D eigenvalue weighted by atomic mass is 10.1. The molecule has 2 aromatic rings. The number of rotatable bonds is 4. The Hall–Kier alpha value is -1.99. The molecule has 1 aromatic carbocycles. The van der Waals surface area contributed by atoms with E-state index >= 15 is 0 Å². The lowest BCUT2D eigenvalue weighted by Gasteiger charge is -2.27. The molecule has 7 heteroatoms. The monoisotopic (exact) mass is 376 g/mol. The molecular formula is C16H17BrN4O2. The second-order valence-electron chi connectivity index (χ2n) is 5.23. The number of nitrogens with zero attached hydrogens (tertiary/aromatic N) is 3. The number of hydrogen-bond donors (Lipinski definition) is 1. The van der Waals surface area contributed by atoms with Gasteiger partial charge in [-0.25, -0.2) is 0 Å². The van der Waals surface area contributed by atoms with Gasteiger partial charge in [0.25, 0.3) is 0 Å². The van der Waals surface area contributed by atoms with Crippen LogP contribution in [0, 0.1) is 0 Å². The van der Waals surface area contributed by atoms with Crippen molar-refractivity contribution in [1.82, 2.24) is 10.2 Å². The number of ether oxygens (including phenoxy) is 1. The van der Waals surface area contributed by atoms with Gasteiger partial charge < -0.3 is 15.0 Å². The zero-order chi connectivity index (χ0) is 16.1.